The number of alkyl halides is 3. The van der Waals surface area contributed by atoms with Crippen LogP contribution in [-0.4, -0.2) is 42.9 Å². The van der Waals surface area contributed by atoms with Crippen LogP contribution in [0.1, 0.15) is 18.1 Å². The number of nitrogens with one attached hydrogen (secondary N) is 2. The Labute approximate surface area is 167 Å². The van der Waals surface area contributed by atoms with Gasteiger partial charge >= 0.3 is 6.18 Å². The molecule has 1 aromatic heterocycles. The first-order chi connectivity index (χ1) is 13.9. The van der Waals surface area contributed by atoms with Gasteiger partial charge in [-0.15, -0.1) is 0 Å². The number of rotatable bonds is 7. The van der Waals surface area contributed by atoms with Crippen LogP contribution in [0.5, 0.6) is 11.6 Å². The van der Waals surface area contributed by atoms with Crippen LogP contribution in [0, 0.1) is 0 Å². The van der Waals surface area contributed by atoms with Crippen LogP contribution < -0.4 is 20.1 Å². The lowest BCUT2D eigenvalue weighted by Crippen LogP contribution is -2.42. The highest BCUT2D eigenvalue weighted by Gasteiger charge is 2.28. The van der Waals surface area contributed by atoms with Gasteiger partial charge in [-0.3, -0.25) is 0 Å². The molecular formula is C20H23F3N4O2. The van der Waals surface area contributed by atoms with Crippen LogP contribution in [0.2, 0.25) is 0 Å². The van der Waals surface area contributed by atoms with Gasteiger partial charge in [0.1, 0.15) is 11.9 Å². The number of pyridine rings is 1. The highest BCUT2D eigenvalue weighted by atomic mass is 19.4. The van der Waals surface area contributed by atoms with Gasteiger partial charge in [0.15, 0.2) is 12.6 Å². The molecule has 1 unspecified atom stereocenters. The van der Waals surface area contributed by atoms with Gasteiger partial charge in [0.05, 0.1) is 13.1 Å². The number of halogens is 3. The normalized spacial score (nSPS) is 16.1. The number of benzene rings is 1. The van der Waals surface area contributed by atoms with Crippen LogP contribution in [0.15, 0.2) is 47.6 Å². The van der Waals surface area contributed by atoms with E-state index in [1.54, 1.807) is 6.07 Å². The molecular weight excluding hydrogens is 385 g/mol. The molecule has 6 nitrogen and oxygen atoms in total. The molecule has 1 aliphatic rings. The van der Waals surface area contributed by atoms with Gasteiger partial charge in [-0.1, -0.05) is 18.2 Å². The maximum absolute atomic E-state index is 12.3. The van der Waals surface area contributed by atoms with E-state index in [4.69, 9.17) is 4.74 Å². The van der Waals surface area contributed by atoms with Gasteiger partial charge < -0.3 is 20.1 Å². The first kappa shape index (κ1) is 20.8. The predicted molar refractivity (Wildman–Crippen MR) is 103 cm³/mol. The number of ether oxygens (including phenoxy) is 2. The summed E-state index contributed by atoms with van der Waals surface area (Å²) in [4.78, 5) is 8.27. The molecule has 1 aromatic carbocycles. The summed E-state index contributed by atoms with van der Waals surface area (Å²) in [6, 6.07) is 11.1. The first-order valence-corrected chi connectivity index (χ1v) is 9.34. The molecule has 0 bridgehead atoms. The van der Waals surface area contributed by atoms with Crippen LogP contribution in [0.3, 0.4) is 0 Å². The molecule has 1 atom stereocenters. The number of aliphatic imine (C=N–C) groups is 1. The van der Waals surface area contributed by atoms with Crippen LogP contribution in [0.4, 0.5) is 13.2 Å². The molecule has 0 spiro atoms. The van der Waals surface area contributed by atoms with Crippen molar-refractivity contribution in [2.24, 2.45) is 4.99 Å². The summed E-state index contributed by atoms with van der Waals surface area (Å²) in [5.74, 6) is 1.43. The third-order valence-electron chi connectivity index (χ3n) is 4.16. The van der Waals surface area contributed by atoms with Crippen molar-refractivity contribution >= 4 is 5.96 Å². The molecule has 0 aliphatic carbocycles. The summed E-state index contributed by atoms with van der Waals surface area (Å²) in [6.45, 7) is 2.10. The highest BCUT2D eigenvalue weighted by Crippen LogP contribution is 2.27. The van der Waals surface area contributed by atoms with Crippen molar-refractivity contribution in [3.63, 3.8) is 0 Å². The molecule has 2 aromatic rings. The van der Waals surface area contributed by atoms with E-state index in [1.807, 2.05) is 25.1 Å². The number of aromatic nitrogens is 1. The maximum atomic E-state index is 12.3. The summed E-state index contributed by atoms with van der Waals surface area (Å²) in [6.07, 6.45) is -2.16. The molecule has 3 rings (SSSR count). The Balaban J connectivity index is 1.54. The first-order valence-electron chi connectivity index (χ1n) is 9.34. The fourth-order valence-corrected chi connectivity index (χ4v) is 2.87. The Morgan fingerprint density at radius 3 is 2.86 bits per heavy atom. The predicted octanol–water partition coefficient (Wildman–Crippen LogP) is 3.08. The average molecular weight is 408 g/mol. The lowest BCUT2D eigenvalue weighted by atomic mass is 10.1. The van der Waals surface area contributed by atoms with E-state index < -0.39 is 12.8 Å². The molecule has 1 aliphatic heterocycles. The van der Waals surface area contributed by atoms with Gasteiger partial charge in [0.25, 0.3) is 0 Å². The number of fused-ring (bicyclic) bond motifs is 1. The van der Waals surface area contributed by atoms with Crippen molar-refractivity contribution < 1.29 is 22.6 Å². The molecule has 0 saturated carbocycles. The third-order valence-corrected chi connectivity index (χ3v) is 4.16. The molecule has 0 amide bonds. The second kappa shape index (κ2) is 9.49. The number of para-hydroxylation sites is 1. The Morgan fingerprint density at radius 1 is 1.28 bits per heavy atom. The number of hydrogen-bond donors (Lipinski definition) is 2. The van der Waals surface area contributed by atoms with Crippen LogP contribution in [-0.2, 0) is 13.0 Å². The average Bonchev–Trinajstić information content (AvgIpc) is 3.11. The van der Waals surface area contributed by atoms with Gasteiger partial charge in [-0.2, -0.15) is 13.2 Å². The zero-order chi connectivity index (χ0) is 20.7. The summed E-state index contributed by atoms with van der Waals surface area (Å²) in [5, 5.41) is 6.39. The van der Waals surface area contributed by atoms with Crippen molar-refractivity contribution in [1.29, 1.82) is 0 Å². The topological polar surface area (TPSA) is 67.8 Å². The van der Waals surface area contributed by atoms with Gasteiger partial charge in [0.2, 0.25) is 5.88 Å². The SMILES string of the molecule is CCNC(=NCc1ccnc(OCC(F)(F)F)c1)NCC1Cc2ccccc2O1. The highest BCUT2D eigenvalue weighted by molar-refractivity contribution is 5.79. The quantitative estimate of drug-likeness (QED) is 0.545. The molecule has 9 heteroatoms. The largest absolute Gasteiger partial charge is 0.488 e. The van der Waals surface area contributed by atoms with Crippen LogP contribution in [0.25, 0.3) is 0 Å². The fraction of sp³-hybridized carbons (Fsp3) is 0.400. The minimum atomic E-state index is -4.40. The lowest BCUT2D eigenvalue weighted by Gasteiger charge is -2.15. The van der Waals surface area contributed by atoms with Crippen molar-refractivity contribution in [2.75, 3.05) is 19.7 Å². The minimum Gasteiger partial charge on any atom is -0.488 e. The molecule has 0 radical (unpaired) electrons. The summed E-state index contributed by atoms with van der Waals surface area (Å²) < 4.78 is 47.4. The number of guanidine groups is 1. The monoisotopic (exact) mass is 408 g/mol. The molecule has 0 fully saturated rings. The van der Waals surface area contributed by atoms with E-state index in [0.717, 1.165) is 12.2 Å². The van der Waals surface area contributed by atoms with E-state index in [2.05, 4.69) is 31.4 Å². The second-order valence-corrected chi connectivity index (χ2v) is 6.53. The summed E-state index contributed by atoms with van der Waals surface area (Å²) in [5.41, 5.74) is 1.88. The molecule has 156 valence electrons. The van der Waals surface area contributed by atoms with Gasteiger partial charge in [0, 0.05) is 25.2 Å². The van der Waals surface area contributed by atoms with Crippen molar-refractivity contribution in [3.05, 3.63) is 53.7 Å². The Morgan fingerprint density at radius 2 is 2.10 bits per heavy atom. The van der Waals surface area contributed by atoms with Crippen molar-refractivity contribution in [2.45, 2.75) is 32.2 Å². The summed E-state index contributed by atoms with van der Waals surface area (Å²) in [7, 11) is 0. The van der Waals surface area contributed by atoms with E-state index in [9.17, 15) is 13.2 Å². The smallest absolute Gasteiger partial charge is 0.422 e. The maximum Gasteiger partial charge on any atom is 0.422 e. The van der Waals surface area contributed by atoms with Crippen LogP contribution >= 0.6 is 0 Å². The molecule has 2 heterocycles. The lowest BCUT2D eigenvalue weighted by molar-refractivity contribution is -0.154. The minimum absolute atomic E-state index is 0.0135. The Bertz CT molecular complexity index is 817. The Hall–Kier alpha value is -2.97. The van der Waals surface area contributed by atoms with Gasteiger partial charge in [-0.25, -0.2) is 9.98 Å². The van der Waals surface area contributed by atoms with Gasteiger partial charge in [-0.05, 0) is 30.2 Å². The Kier molecular flexibility index (Phi) is 6.79. The van der Waals surface area contributed by atoms with Crippen molar-refractivity contribution in [3.8, 4) is 11.6 Å². The zero-order valence-electron chi connectivity index (χ0n) is 16.0. The second-order valence-electron chi connectivity index (χ2n) is 6.53. The number of nitrogens with zero attached hydrogens (tertiary/aromatic N) is 2. The van der Waals surface area contributed by atoms with Crippen molar-refractivity contribution in [1.82, 2.24) is 15.6 Å². The zero-order valence-corrected chi connectivity index (χ0v) is 16.0. The molecule has 29 heavy (non-hydrogen) atoms. The van der Waals surface area contributed by atoms with E-state index in [0.29, 0.717) is 24.6 Å². The standard InChI is InChI=1S/C20H23F3N4O2/c1-2-24-19(27-12-16-10-15-5-3-4-6-17(15)29-16)26-11-14-7-8-25-18(9-14)28-13-20(21,22)23/h3-9,16H,2,10-13H2,1H3,(H2,24,26,27). The fourth-order valence-electron chi connectivity index (χ4n) is 2.87. The summed E-state index contributed by atoms with van der Waals surface area (Å²) >= 11 is 0. The number of hydrogen-bond acceptors (Lipinski definition) is 4. The molecule has 0 saturated heterocycles. The third kappa shape index (κ3) is 6.55. The van der Waals surface area contributed by atoms with E-state index in [-0.39, 0.29) is 18.5 Å². The van der Waals surface area contributed by atoms with E-state index in [1.165, 1.54) is 17.8 Å². The molecule has 2 N–H and O–H groups in total. The van der Waals surface area contributed by atoms with E-state index >= 15 is 0 Å².